The molecule has 0 aliphatic rings. The monoisotopic (exact) mass is 289 g/mol. The molecule has 0 aliphatic heterocycles. The summed E-state index contributed by atoms with van der Waals surface area (Å²) in [6.45, 7) is 6.27. The fraction of sp³-hybridized carbons (Fsp3) is 0.312. The summed E-state index contributed by atoms with van der Waals surface area (Å²) in [6, 6.07) is 7.90. The molecule has 0 saturated heterocycles. The van der Waals surface area contributed by atoms with E-state index in [0.29, 0.717) is 5.56 Å². The Kier molecular flexibility index (Phi) is 4.45. The van der Waals surface area contributed by atoms with Gasteiger partial charge in [0.15, 0.2) is 0 Å². The Morgan fingerprint density at radius 2 is 2.00 bits per heavy atom. The molecule has 0 fully saturated rings. The van der Waals surface area contributed by atoms with Crippen molar-refractivity contribution in [2.45, 2.75) is 26.8 Å². The van der Waals surface area contributed by atoms with Gasteiger partial charge in [0.1, 0.15) is 0 Å². The van der Waals surface area contributed by atoms with Crippen LogP contribution in [-0.4, -0.2) is 13.1 Å². The number of carbonyl (C=O) groups is 1. The van der Waals surface area contributed by atoms with Crippen molar-refractivity contribution in [1.29, 1.82) is 0 Å². The Hall–Kier alpha value is -1.81. The van der Waals surface area contributed by atoms with Gasteiger partial charge in [-0.25, -0.2) is 4.79 Å². The third-order valence-corrected chi connectivity index (χ3v) is 4.53. The molecule has 1 atom stereocenters. The maximum atomic E-state index is 11.6. The van der Waals surface area contributed by atoms with E-state index in [1.165, 1.54) is 17.6 Å². The Morgan fingerprint density at radius 1 is 1.25 bits per heavy atom. The zero-order valence-corrected chi connectivity index (χ0v) is 13.0. The number of ether oxygens (including phenoxy) is 1. The Morgan fingerprint density at radius 3 is 2.60 bits per heavy atom. The second-order valence-electron chi connectivity index (χ2n) is 4.86. The van der Waals surface area contributed by atoms with Crippen molar-refractivity contribution >= 4 is 23.0 Å². The maximum Gasteiger partial charge on any atom is 0.337 e. The van der Waals surface area contributed by atoms with E-state index >= 15 is 0 Å². The minimum absolute atomic E-state index is 0.210. The van der Waals surface area contributed by atoms with Crippen LogP contribution in [0.4, 0.5) is 5.69 Å². The van der Waals surface area contributed by atoms with Gasteiger partial charge in [-0.2, -0.15) is 0 Å². The van der Waals surface area contributed by atoms with Crippen molar-refractivity contribution in [3.63, 3.8) is 0 Å². The van der Waals surface area contributed by atoms with E-state index in [0.717, 1.165) is 11.3 Å². The van der Waals surface area contributed by atoms with E-state index in [9.17, 15) is 4.79 Å². The second-order valence-corrected chi connectivity index (χ2v) is 5.80. The average molecular weight is 289 g/mol. The summed E-state index contributed by atoms with van der Waals surface area (Å²) in [7, 11) is 1.40. The van der Waals surface area contributed by atoms with E-state index in [1.807, 2.05) is 19.1 Å². The van der Waals surface area contributed by atoms with Crippen molar-refractivity contribution in [3.05, 3.63) is 51.2 Å². The van der Waals surface area contributed by atoms with Gasteiger partial charge in [0.05, 0.1) is 18.7 Å². The van der Waals surface area contributed by atoms with Crippen molar-refractivity contribution in [2.24, 2.45) is 0 Å². The van der Waals surface area contributed by atoms with Crippen LogP contribution in [0.5, 0.6) is 0 Å². The minimum atomic E-state index is -0.312. The molecule has 20 heavy (non-hydrogen) atoms. The first-order chi connectivity index (χ1) is 9.52. The van der Waals surface area contributed by atoms with Crippen molar-refractivity contribution in [1.82, 2.24) is 0 Å². The average Bonchev–Trinajstić information content (AvgIpc) is 2.86. The lowest BCUT2D eigenvalue weighted by Gasteiger charge is -2.17. The number of carbonyl (C=O) groups excluding carboxylic acids is 1. The first-order valence-electron chi connectivity index (χ1n) is 6.52. The van der Waals surface area contributed by atoms with Gasteiger partial charge >= 0.3 is 5.97 Å². The lowest BCUT2D eigenvalue weighted by Crippen LogP contribution is -2.09. The van der Waals surface area contributed by atoms with Gasteiger partial charge in [-0.1, -0.05) is 6.07 Å². The van der Waals surface area contributed by atoms with Crippen LogP contribution in [0.15, 0.2) is 29.6 Å². The first-order valence-corrected chi connectivity index (χ1v) is 7.40. The summed E-state index contributed by atoms with van der Waals surface area (Å²) in [5.74, 6) is -0.312. The van der Waals surface area contributed by atoms with Crippen LogP contribution < -0.4 is 5.32 Å². The number of benzene rings is 1. The number of thiophene rings is 1. The second kappa shape index (κ2) is 6.09. The van der Waals surface area contributed by atoms with E-state index in [2.05, 4.69) is 30.6 Å². The predicted octanol–water partition coefficient (Wildman–Crippen LogP) is 4.32. The van der Waals surface area contributed by atoms with Crippen LogP contribution in [-0.2, 0) is 4.74 Å². The van der Waals surface area contributed by atoms with Gasteiger partial charge in [-0.3, -0.25) is 0 Å². The third kappa shape index (κ3) is 3.02. The van der Waals surface area contributed by atoms with Gasteiger partial charge in [0.2, 0.25) is 0 Å². The van der Waals surface area contributed by atoms with E-state index in [4.69, 9.17) is 4.74 Å². The summed E-state index contributed by atoms with van der Waals surface area (Å²) in [5, 5.41) is 5.57. The zero-order valence-electron chi connectivity index (χ0n) is 12.2. The topological polar surface area (TPSA) is 38.3 Å². The predicted molar refractivity (Wildman–Crippen MR) is 83.6 cm³/mol. The van der Waals surface area contributed by atoms with Crippen LogP contribution >= 0.6 is 11.3 Å². The molecule has 1 unspecified atom stereocenters. The summed E-state index contributed by atoms with van der Waals surface area (Å²) in [5.41, 5.74) is 3.93. The van der Waals surface area contributed by atoms with Gasteiger partial charge in [0.25, 0.3) is 0 Å². The highest BCUT2D eigenvalue weighted by molar-refractivity contribution is 7.10. The summed E-state index contributed by atoms with van der Waals surface area (Å²) in [6.07, 6.45) is 0. The smallest absolute Gasteiger partial charge is 0.337 e. The number of rotatable bonds is 4. The van der Waals surface area contributed by atoms with Crippen LogP contribution in [0.1, 0.15) is 39.3 Å². The lowest BCUT2D eigenvalue weighted by atomic mass is 10.1. The van der Waals surface area contributed by atoms with Gasteiger partial charge < -0.3 is 10.1 Å². The van der Waals surface area contributed by atoms with E-state index < -0.39 is 0 Å². The number of hydrogen-bond acceptors (Lipinski definition) is 4. The number of anilines is 1. The SMILES string of the molecule is COC(=O)c1ccc(C)c(NC(C)c2sccc2C)c1. The molecule has 1 N–H and O–H groups in total. The summed E-state index contributed by atoms with van der Waals surface area (Å²) < 4.78 is 4.76. The highest BCUT2D eigenvalue weighted by Crippen LogP contribution is 2.28. The number of methoxy groups -OCH3 is 1. The summed E-state index contributed by atoms with van der Waals surface area (Å²) in [4.78, 5) is 12.9. The van der Waals surface area contributed by atoms with Crippen LogP contribution in [0.25, 0.3) is 0 Å². The molecule has 1 aromatic carbocycles. The molecule has 1 aromatic heterocycles. The number of nitrogens with one attached hydrogen (secondary N) is 1. The molecular weight excluding hydrogens is 270 g/mol. The molecule has 2 aromatic rings. The number of esters is 1. The highest BCUT2D eigenvalue weighted by Gasteiger charge is 2.13. The Bertz CT molecular complexity index is 619. The number of aryl methyl sites for hydroxylation is 2. The molecule has 0 radical (unpaired) electrons. The van der Waals surface area contributed by atoms with Crippen LogP contribution in [0.3, 0.4) is 0 Å². The molecule has 0 spiro atoms. The molecular formula is C16H19NO2S. The van der Waals surface area contributed by atoms with Gasteiger partial charge in [0, 0.05) is 10.6 Å². The fourth-order valence-electron chi connectivity index (χ4n) is 2.15. The Labute approximate surface area is 123 Å². The van der Waals surface area contributed by atoms with Crippen molar-refractivity contribution < 1.29 is 9.53 Å². The molecule has 2 rings (SSSR count). The molecule has 0 saturated carbocycles. The number of hydrogen-bond donors (Lipinski definition) is 1. The summed E-state index contributed by atoms with van der Waals surface area (Å²) >= 11 is 1.74. The molecule has 0 bridgehead atoms. The molecule has 0 amide bonds. The molecule has 0 aliphatic carbocycles. The van der Waals surface area contributed by atoms with Gasteiger partial charge in [-0.15, -0.1) is 11.3 Å². The van der Waals surface area contributed by atoms with Crippen LogP contribution in [0, 0.1) is 13.8 Å². The quantitative estimate of drug-likeness (QED) is 0.852. The molecule has 106 valence electrons. The maximum absolute atomic E-state index is 11.6. The minimum Gasteiger partial charge on any atom is -0.465 e. The standard InChI is InChI=1S/C16H19NO2S/c1-10-5-6-13(16(18)19-4)9-14(10)17-12(3)15-11(2)7-8-20-15/h5-9,12,17H,1-4H3. The lowest BCUT2D eigenvalue weighted by molar-refractivity contribution is 0.0601. The van der Waals surface area contributed by atoms with Crippen molar-refractivity contribution in [3.8, 4) is 0 Å². The Balaban J connectivity index is 2.24. The normalized spacial score (nSPS) is 12.0. The van der Waals surface area contributed by atoms with Crippen LogP contribution in [0.2, 0.25) is 0 Å². The molecule has 1 heterocycles. The fourth-order valence-corrected chi connectivity index (χ4v) is 3.08. The van der Waals surface area contributed by atoms with Gasteiger partial charge in [-0.05, 0) is 55.5 Å². The largest absolute Gasteiger partial charge is 0.465 e. The van der Waals surface area contributed by atoms with E-state index in [-0.39, 0.29) is 12.0 Å². The highest BCUT2D eigenvalue weighted by atomic mass is 32.1. The molecule has 4 heteroatoms. The van der Waals surface area contributed by atoms with Crippen molar-refractivity contribution in [2.75, 3.05) is 12.4 Å². The third-order valence-electron chi connectivity index (χ3n) is 3.33. The zero-order chi connectivity index (χ0) is 14.7. The van der Waals surface area contributed by atoms with E-state index in [1.54, 1.807) is 17.4 Å². The first kappa shape index (κ1) is 14.6. The molecule has 3 nitrogen and oxygen atoms in total.